The van der Waals surface area contributed by atoms with Crippen molar-refractivity contribution in [2.24, 2.45) is 0 Å². The Kier molecular flexibility index (Phi) is 3.43. The van der Waals surface area contributed by atoms with Crippen molar-refractivity contribution >= 4 is 29.2 Å². The fourth-order valence-electron chi connectivity index (χ4n) is 1.77. The van der Waals surface area contributed by atoms with Gasteiger partial charge >= 0.3 is 5.97 Å². The van der Waals surface area contributed by atoms with Crippen LogP contribution >= 0.6 is 11.6 Å². The monoisotopic (exact) mass is 269 g/mol. The Bertz CT molecular complexity index is 503. The van der Waals surface area contributed by atoms with E-state index in [9.17, 15) is 9.59 Å². The van der Waals surface area contributed by atoms with Crippen molar-refractivity contribution in [2.45, 2.75) is 11.8 Å². The molecule has 0 spiro atoms. The van der Waals surface area contributed by atoms with Crippen molar-refractivity contribution in [3.05, 3.63) is 23.8 Å². The van der Waals surface area contributed by atoms with Crippen LogP contribution in [0.1, 0.15) is 17.4 Å². The molecular formula is C12H12ClNO4. The van der Waals surface area contributed by atoms with Gasteiger partial charge in [0, 0.05) is 7.05 Å². The van der Waals surface area contributed by atoms with Gasteiger partial charge in [-0.3, -0.25) is 9.59 Å². The molecule has 18 heavy (non-hydrogen) atoms. The molecule has 0 aromatic heterocycles. The Hall–Kier alpha value is -1.75. The molecule has 1 N–H and O–H groups in total. The summed E-state index contributed by atoms with van der Waals surface area (Å²) in [6.07, 6.45) is 0.295. The molecule has 1 unspecified atom stereocenters. The van der Waals surface area contributed by atoms with Gasteiger partial charge < -0.3 is 14.7 Å². The third-order valence-electron chi connectivity index (χ3n) is 2.80. The summed E-state index contributed by atoms with van der Waals surface area (Å²) < 4.78 is 5.43. The first-order chi connectivity index (χ1) is 8.50. The van der Waals surface area contributed by atoms with Gasteiger partial charge in [-0.25, -0.2) is 0 Å². The Morgan fingerprint density at radius 3 is 2.94 bits per heavy atom. The van der Waals surface area contributed by atoms with Gasteiger partial charge in [-0.05, 0) is 17.7 Å². The molecule has 1 aliphatic rings. The molecule has 0 aliphatic carbocycles. The number of rotatable bonds is 2. The van der Waals surface area contributed by atoms with Crippen LogP contribution in [0.25, 0.3) is 0 Å². The standard InChI is InChI=1S/C12H12ClNO4/c1-14-8-6-7(11(13)12(16)17)2-3-9(8)18-5-4-10(14)15/h2-3,6,11H,4-5H2,1H3,(H,16,17). The summed E-state index contributed by atoms with van der Waals surface area (Å²) in [5.74, 6) is -0.645. The molecular weight excluding hydrogens is 258 g/mol. The summed E-state index contributed by atoms with van der Waals surface area (Å²) in [5.41, 5.74) is 0.968. The average Bonchev–Trinajstić information content (AvgIpc) is 2.49. The molecule has 5 nitrogen and oxygen atoms in total. The number of amides is 1. The van der Waals surface area contributed by atoms with Gasteiger partial charge in [0.25, 0.3) is 0 Å². The van der Waals surface area contributed by atoms with Crippen LogP contribution in [0, 0.1) is 0 Å². The zero-order chi connectivity index (χ0) is 13.3. The fourth-order valence-corrected chi connectivity index (χ4v) is 1.90. The second kappa shape index (κ2) is 4.86. The van der Waals surface area contributed by atoms with Crippen LogP contribution in [-0.2, 0) is 9.59 Å². The minimum Gasteiger partial charge on any atom is -0.491 e. The first kappa shape index (κ1) is 12.7. The zero-order valence-corrected chi connectivity index (χ0v) is 10.5. The number of carboxylic acids is 1. The molecule has 0 bridgehead atoms. The number of fused-ring (bicyclic) bond motifs is 1. The lowest BCUT2D eigenvalue weighted by Gasteiger charge is -2.17. The Labute approximate surface area is 109 Å². The third-order valence-corrected chi connectivity index (χ3v) is 3.24. The Morgan fingerprint density at radius 1 is 1.56 bits per heavy atom. The molecule has 96 valence electrons. The van der Waals surface area contributed by atoms with Gasteiger partial charge in [-0.1, -0.05) is 6.07 Å². The number of hydrogen-bond donors (Lipinski definition) is 1. The minimum atomic E-state index is -1.14. The SMILES string of the molecule is CN1C(=O)CCOc2ccc(C(Cl)C(=O)O)cc21. The van der Waals surface area contributed by atoms with Gasteiger partial charge in [0.1, 0.15) is 5.75 Å². The molecule has 1 atom stereocenters. The van der Waals surface area contributed by atoms with E-state index < -0.39 is 11.3 Å². The number of carboxylic acid groups (broad SMARTS) is 1. The maximum absolute atomic E-state index is 11.7. The van der Waals surface area contributed by atoms with Crippen molar-refractivity contribution < 1.29 is 19.4 Å². The number of anilines is 1. The summed E-state index contributed by atoms with van der Waals surface area (Å²) in [5, 5.41) is 7.73. The van der Waals surface area contributed by atoms with Crippen molar-refractivity contribution in [1.29, 1.82) is 0 Å². The Morgan fingerprint density at radius 2 is 2.28 bits per heavy atom. The summed E-state index contributed by atoms with van der Waals surface area (Å²) in [6, 6.07) is 4.80. The largest absolute Gasteiger partial charge is 0.491 e. The highest BCUT2D eigenvalue weighted by molar-refractivity contribution is 6.29. The first-order valence-electron chi connectivity index (χ1n) is 5.41. The number of carbonyl (C=O) groups excluding carboxylic acids is 1. The van der Waals surface area contributed by atoms with E-state index in [0.717, 1.165) is 0 Å². The number of aliphatic carboxylic acids is 1. The number of carbonyl (C=O) groups is 2. The maximum atomic E-state index is 11.7. The second-order valence-corrected chi connectivity index (χ2v) is 4.42. The van der Waals surface area contributed by atoms with E-state index in [1.807, 2.05) is 0 Å². The lowest BCUT2D eigenvalue weighted by Crippen LogP contribution is -2.25. The highest BCUT2D eigenvalue weighted by Crippen LogP contribution is 2.34. The molecule has 0 fully saturated rings. The fraction of sp³-hybridized carbons (Fsp3) is 0.333. The number of benzene rings is 1. The van der Waals surface area contributed by atoms with Gasteiger partial charge in [-0.15, -0.1) is 11.6 Å². The van der Waals surface area contributed by atoms with E-state index in [2.05, 4.69) is 0 Å². The molecule has 0 saturated heterocycles. The minimum absolute atomic E-state index is 0.0765. The summed E-state index contributed by atoms with van der Waals surface area (Å²) >= 11 is 5.76. The highest BCUT2D eigenvalue weighted by Gasteiger charge is 2.23. The van der Waals surface area contributed by atoms with E-state index >= 15 is 0 Å². The van der Waals surface area contributed by atoms with E-state index in [0.29, 0.717) is 30.0 Å². The predicted octanol–water partition coefficient (Wildman–Crippen LogP) is 1.80. The molecule has 1 aromatic rings. The van der Waals surface area contributed by atoms with Crippen LogP contribution in [0.5, 0.6) is 5.75 Å². The summed E-state index contributed by atoms with van der Waals surface area (Å²) in [4.78, 5) is 24.0. The topological polar surface area (TPSA) is 66.8 Å². The van der Waals surface area contributed by atoms with Crippen molar-refractivity contribution in [3.63, 3.8) is 0 Å². The number of halogens is 1. The van der Waals surface area contributed by atoms with Gasteiger partial charge in [0.2, 0.25) is 5.91 Å². The van der Waals surface area contributed by atoms with E-state index in [4.69, 9.17) is 21.4 Å². The summed E-state index contributed by atoms with van der Waals surface area (Å²) in [6.45, 7) is 0.318. The van der Waals surface area contributed by atoms with E-state index in [-0.39, 0.29) is 5.91 Å². The maximum Gasteiger partial charge on any atom is 0.326 e. The van der Waals surface area contributed by atoms with Crippen LogP contribution < -0.4 is 9.64 Å². The number of hydrogen-bond acceptors (Lipinski definition) is 3. The van der Waals surface area contributed by atoms with Crippen LogP contribution in [0.15, 0.2) is 18.2 Å². The van der Waals surface area contributed by atoms with Crippen molar-refractivity contribution in [1.82, 2.24) is 0 Å². The van der Waals surface area contributed by atoms with E-state index in [1.54, 1.807) is 25.2 Å². The molecule has 1 amide bonds. The number of nitrogens with zero attached hydrogens (tertiary/aromatic N) is 1. The summed E-state index contributed by atoms with van der Waals surface area (Å²) in [7, 11) is 1.63. The Balaban J connectivity index is 2.44. The van der Waals surface area contributed by atoms with Crippen LogP contribution in [-0.4, -0.2) is 30.6 Å². The lowest BCUT2D eigenvalue weighted by atomic mass is 10.1. The smallest absolute Gasteiger partial charge is 0.326 e. The van der Waals surface area contributed by atoms with Gasteiger partial charge in [0.05, 0.1) is 18.7 Å². The quantitative estimate of drug-likeness (QED) is 0.832. The lowest BCUT2D eigenvalue weighted by molar-refractivity contribution is -0.136. The predicted molar refractivity (Wildman–Crippen MR) is 66.2 cm³/mol. The molecule has 1 aromatic carbocycles. The van der Waals surface area contributed by atoms with E-state index in [1.165, 1.54) is 4.90 Å². The number of alkyl halides is 1. The van der Waals surface area contributed by atoms with Crippen molar-refractivity contribution in [2.75, 3.05) is 18.6 Å². The molecule has 2 rings (SSSR count). The van der Waals surface area contributed by atoms with Crippen LogP contribution in [0.2, 0.25) is 0 Å². The van der Waals surface area contributed by atoms with Crippen LogP contribution in [0.4, 0.5) is 5.69 Å². The highest BCUT2D eigenvalue weighted by atomic mass is 35.5. The molecule has 0 radical (unpaired) electrons. The average molecular weight is 270 g/mol. The van der Waals surface area contributed by atoms with Gasteiger partial charge in [0.15, 0.2) is 5.38 Å². The zero-order valence-electron chi connectivity index (χ0n) is 9.72. The van der Waals surface area contributed by atoms with Crippen molar-refractivity contribution in [3.8, 4) is 5.75 Å². The second-order valence-electron chi connectivity index (χ2n) is 3.98. The third kappa shape index (κ3) is 2.26. The number of ether oxygens (including phenoxy) is 1. The van der Waals surface area contributed by atoms with Crippen LogP contribution in [0.3, 0.4) is 0 Å². The first-order valence-corrected chi connectivity index (χ1v) is 5.84. The van der Waals surface area contributed by atoms with Gasteiger partial charge in [-0.2, -0.15) is 0 Å². The molecule has 6 heteroatoms. The molecule has 1 heterocycles. The molecule has 1 aliphatic heterocycles. The normalized spacial score (nSPS) is 16.6. The molecule has 0 saturated carbocycles.